The van der Waals surface area contributed by atoms with Crippen molar-refractivity contribution in [2.45, 2.75) is 25.9 Å². The summed E-state index contributed by atoms with van der Waals surface area (Å²) in [6.07, 6.45) is 8.15. The molecule has 0 spiro atoms. The number of imidazole rings is 1. The van der Waals surface area contributed by atoms with Gasteiger partial charge < -0.3 is 15.4 Å². The molecule has 41 heavy (non-hydrogen) atoms. The second-order valence-corrected chi connectivity index (χ2v) is 10.0. The molecule has 0 bridgehead atoms. The maximum atomic E-state index is 10.7. The summed E-state index contributed by atoms with van der Waals surface area (Å²) in [6, 6.07) is 13.0. The molecule has 1 aliphatic heterocycles. The number of nitrogens with one attached hydrogen (secondary N) is 2. The summed E-state index contributed by atoms with van der Waals surface area (Å²) in [7, 11) is 0. The highest BCUT2D eigenvalue weighted by Crippen LogP contribution is 2.16. The Balaban J connectivity index is 0.996. The molecule has 0 amide bonds. The second kappa shape index (κ2) is 15.6. The van der Waals surface area contributed by atoms with Crippen molar-refractivity contribution in [1.29, 1.82) is 0 Å². The zero-order valence-electron chi connectivity index (χ0n) is 23.3. The van der Waals surface area contributed by atoms with Crippen LogP contribution in [0.25, 0.3) is 0 Å². The van der Waals surface area contributed by atoms with Crippen LogP contribution in [0.3, 0.4) is 0 Å². The number of aromatic nitrogens is 2. The van der Waals surface area contributed by atoms with Crippen LogP contribution in [0.15, 0.2) is 67.3 Å². The lowest BCUT2D eigenvalue weighted by atomic mass is 10.3. The van der Waals surface area contributed by atoms with Crippen molar-refractivity contribution in [3.63, 3.8) is 0 Å². The van der Waals surface area contributed by atoms with Gasteiger partial charge in [0.15, 0.2) is 0 Å². The van der Waals surface area contributed by atoms with E-state index in [1.807, 2.05) is 0 Å². The summed E-state index contributed by atoms with van der Waals surface area (Å²) in [6.45, 7) is 9.68. The van der Waals surface area contributed by atoms with Crippen molar-refractivity contribution in [2.75, 3.05) is 69.8 Å². The molecule has 0 saturated carbocycles. The third-order valence-corrected chi connectivity index (χ3v) is 6.98. The van der Waals surface area contributed by atoms with E-state index >= 15 is 0 Å². The summed E-state index contributed by atoms with van der Waals surface area (Å²) in [5.41, 5.74) is 1.99. The number of hydrogen-bond donors (Lipinski definition) is 2. The average molecular weight is 568 g/mol. The Morgan fingerprint density at radius 1 is 0.780 bits per heavy atom. The number of nitro groups is 2. The van der Waals surface area contributed by atoms with Gasteiger partial charge in [-0.2, -0.15) is 0 Å². The van der Waals surface area contributed by atoms with E-state index in [1.165, 1.54) is 24.3 Å². The van der Waals surface area contributed by atoms with Crippen LogP contribution in [0, 0.1) is 20.2 Å². The Hall–Kier alpha value is -4.07. The highest BCUT2D eigenvalue weighted by Gasteiger charge is 2.18. The molecule has 13 heteroatoms. The Bertz CT molecular complexity index is 1240. The van der Waals surface area contributed by atoms with Gasteiger partial charge in [-0.1, -0.05) is 0 Å². The van der Waals surface area contributed by atoms with Crippen LogP contribution < -0.4 is 15.2 Å². The molecule has 1 aliphatic rings. The van der Waals surface area contributed by atoms with Gasteiger partial charge in [0.2, 0.25) is 6.33 Å². The number of ether oxygens (including phenoxy) is 1. The summed E-state index contributed by atoms with van der Waals surface area (Å²) < 4.78 is 10.2. The molecule has 220 valence electrons. The fourth-order valence-electron chi connectivity index (χ4n) is 4.67. The number of hydrogen-bond acceptors (Lipinski definition) is 9. The maximum Gasteiger partial charge on any atom is 0.269 e. The van der Waals surface area contributed by atoms with Crippen LogP contribution in [0.4, 0.5) is 22.7 Å². The first-order valence-electron chi connectivity index (χ1n) is 14.0. The number of non-ortho nitro benzene ring substituents is 2. The molecule has 4 rings (SSSR count). The molecule has 1 fully saturated rings. The van der Waals surface area contributed by atoms with E-state index < -0.39 is 4.92 Å². The first-order valence-corrected chi connectivity index (χ1v) is 14.0. The largest absolute Gasteiger partial charge is 0.385 e. The molecule has 1 aromatic heterocycles. The minimum absolute atomic E-state index is 0.0964. The van der Waals surface area contributed by atoms with Crippen LogP contribution in [0.5, 0.6) is 0 Å². The monoisotopic (exact) mass is 567 g/mol. The lowest BCUT2D eigenvalue weighted by Crippen LogP contribution is -2.32. The molecule has 2 aromatic carbocycles. The summed E-state index contributed by atoms with van der Waals surface area (Å²) >= 11 is 0. The molecule has 2 heterocycles. The van der Waals surface area contributed by atoms with Crippen molar-refractivity contribution in [2.24, 2.45) is 0 Å². The molecule has 2 N–H and O–H groups in total. The standard InChI is InChI=1S/C28H39N8O5/c37-35(38)27-7-3-25(4-8-27)29-11-1-13-31-15-17-33(23-31)19-21-41-22-20-34-18-16-32(24-34)14-2-12-30-26-5-9-28(10-6-26)36(39)40/h3-10,15,17,23,29-30H,1-2,11-14,16,18-22,24H2/q+1. The zero-order chi connectivity index (χ0) is 28.9. The molecule has 13 nitrogen and oxygen atoms in total. The van der Waals surface area contributed by atoms with E-state index in [9.17, 15) is 20.2 Å². The zero-order valence-corrected chi connectivity index (χ0v) is 23.3. The van der Waals surface area contributed by atoms with Gasteiger partial charge in [0, 0.05) is 81.3 Å². The van der Waals surface area contributed by atoms with Gasteiger partial charge in [-0.05, 0) is 30.7 Å². The fourth-order valence-corrected chi connectivity index (χ4v) is 4.67. The highest BCUT2D eigenvalue weighted by atomic mass is 16.6. The van der Waals surface area contributed by atoms with Gasteiger partial charge >= 0.3 is 0 Å². The summed E-state index contributed by atoms with van der Waals surface area (Å²) in [5, 5.41) is 28.1. The lowest BCUT2D eigenvalue weighted by Gasteiger charge is -2.18. The smallest absolute Gasteiger partial charge is 0.269 e. The number of nitrogens with zero attached hydrogens (tertiary/aromatic N) is 6. The van der Waals surface area contributed by atoms with Crippen LogP contribution in [-0.2, 0) is 17.8 Å². The average Bonchev–Trinajstić information content (AvgIpc) is 3.63. The minimum atomic E-state index is -0.394. The van der Waals surface area contributed by atoms with Gasteiger partial charge in [0.05, 0.1) is 36.3 Å². The predicted molar refractivity (Wildman–Crippen MR) is 156 cm³/mol. The second-order valence-electron chi connectivity index (χ2n) is 10.0. The lowest BCUT2D eigenvalue weighted by molar-refractivity contribution is -0.696. The van der Waals surface area contributed by atoms with Gasteiger partial charge in [0.1, 0.15) is 18.9 Å². The normalized spacial score (nSPS) is 13.9. The Labute approximate surface area is 239 Å². The van der Waals surface area contributed by atoms with Crippen molar-refractivity contribution >= 4 is 22.7 Å². The maximum absolute atomic E-state index is 10.7. The fraction of sp³-hybridized carbons (Fsp3) is 0.464. The van der Waals surface area contributed by atoms with Crippen molar-refractivity contribution in [1.82, 2.24) is 14.4 Å². The topological polar surface area (TPSA) is 135 Å². The number of nitro benzene ring substituents is 2. The first-order chi connectivity index (χ1) is 20.0. The van der Waals surface area contributed by atoms with E-state index in [0.29, 0.717) is 13.2 Å². The minimum Gasteiger partial charge on any atom is -0.385 e. The number of rotatable bonds is 18. The molecule has 0 atom stereocenters. The molecule has 0 unspecified atom stereocenters. The first kappa shape index (κ1) is 29.9. The van der Waals surface area contributed by atoms with Crippen LogP contribution in [-0.4, -0.2) is 83.4 Å². The molecule has 3 aromatic rings. The quantitative estimate of drug-likeness (QED) is 0.103. The predicted octanol–water partition coefficient (Wildman–Crippen LogP) is 3.19. The molecule has 0 aliphatic carbocycles. The SMILES string of the molecule is O=[N+]([O-])c1ccc(NCCCN2CCN(CCOCCn3cc[n+](CCCNc4ccc([N+](=O)[O-])cc4)c3)C2)cc1. The highest BCUT2D eigenvalue weighted by molar-refractivity contribution is 5.49. The van der Waals surface area contributed by atoms with Crippen molar-refractivity contribution < 1.29 is 19.2 Å². The Kier molecular flexibility index (Phi) is 11.4. The van der Waals surface area contributed by atoms with E-state index in [1.54, 1.807) is 24.3 Å². The third kappa shape index (κ3) is 10.1. The molecular weight excluding hydrogens is 528 g/mol. The summed E-state index contributed by atoms with van der Waals surface area (Å²) in [4.78, 5) is 25.6. The Morgan fingerprint density at radius 2 is 1.34 bits per heavy atom. The van der Waals surface area contributed by atoms with E-state index in [2.05, 4.69) is 48.3 Å². The van der Waals surface area contributed by atoms with Gasteiger partial charge in [0.25, 0.3) is 11.4 Å². The van der Waals surface area contributed by atoms with Gasteiger partial charge in [-0.15, -0.1) is 0 Å². The molecular formula is C28H39N8O5+. The van der Waals surface area contributed by atoms with Crippen LogP contribution in [0.2, 0.25) is 0 Å². The molecule has 1 saturated heterocycles. The number of anilines is 2. The van der Waals surface area contributed by atoms with Crippen LogP contribution >= 0.6 is 0 Å². The van der Waals surface area contributed by atoms with E-state index in [0.717, 1.165) is 83.2 Å². The third-order valence-electron chi connectivity index (χ3n) is 6.98. The van der Waals surface area contributed by atoms with Crippen molar-refractivity contribution in [3.8, 4) is 0 Å². The number of aryl methyl sites for hydroxylation is 1. The van der Waals surface area contributed by atoms with Crippen LogP contribution in [0.1, 0.15) is 12.8 Å². The molecule has 0 radical (unpaired) electrons. The van der Waals surface area contributed by atoms with Gasteiger partial charge in [-0.25, -0.2) is 9.13 Å². The van der Waals surface area contributed by atoms with E-state index in [4.69, 9.17) is 4.74 Å². The number of benzene rings is 2. The van der Waals surface area contributed by atoms with E-state index in [-0.39, 0.29) is 16.3 Å². The van der Waals surface area contributed by atoms with Gasteiger partial charge in [-0.3, -0.25) is 30.0 Å². The van der Waals surface area contributed by atoms with Crippen molar-refractivity contribution in [3.05, 3.63) is 87.5 Å². The Morgan fingerprint density at radius 3 is 1.95 bits per heavy atom. The summed E-state index contributed by atoms with van der Waals surface area (Å²) in [5.74, 6) is 0.